The summed E-state index contributed by atoms with van der Waals surface area (Å²) in [5.41, 5.74) is 1.55. The van der Waals surface area contributed by atoms with Gasteiger partial charge in [0.2, 0.25) is 0 Å². The maximum atomic E-state index is 13.3. The van der Waals surface area contributed by atoms with Crippen LogP contribution < -0.4 is 10.1 Å². The molecule has 2 amide bonds. The average Bonchev–Trinajstić information content (AvgIpc) is 2.91. The molecule has 1 aliphatic heterocycles. The van der Waals surface area contributed by atoms with E-state index in [-0.39, 0.29) is 23.7 Å². The molecule has 4 aromatic carbocycles. The Morgan fingerprint density at radius 1 is 0.946 bits per heavy atom. The second-order valence-electron chi connectivity index (χ2n) is 8.64. The van der Waals surface area contributed by atoms with Gasteiger partial charge in [-0.15, -0.1) is 0 Å². The molecule has 0 saturated heterocycles. The Hall–Kier alpha value is -4.98. The number of carbonyl (C=O) groups excluding carboxylic acids is 2. The van der Waals surface area contributed by atoms with Gasteiger partial charge in [0.1, 0.15) is 5.75 Å². The highest BCUT2D eigenvalue weighted by molar-refractivity contribution is 5.94. The maximum Gasteiger partial charge on any atom is 0.343 e. The fourth-order valence-corrected chi connectivity index (χ4v) is 4.57. The van der Waals surface area contributed by atoms with Crippen molar-refractivity contribution in [3.8, 4) is 5.75 Å². The number of hydrogen-bond donors (Lipinski definition) is 1. The molecular formula is C29H23N3O5. The number of rotatable bonds is 6. The SMILES string of the molecule is CC1=C([N+](=O)[O-])C(c2c(OC(=O)c3ccccc3)ccc3ccccc23)NC(=O)N1Cc1ccccc1. The van der Waals surface area contributed by atoms with Crippen LogP contribution in [-0.4, -0.2) is 21.8 Å². The summed E-state index contributed by atoms with van der Waals surface area (Å²) in [6, 6.07) is 26.8. The van der Waals surface area contributed by atoms with Crippen LogP contribution in [0.15, 0.2) is 108 Å². The van der Waals surface area contributed by atoms with Gasteiger partial charge in [-0.2, -0.15) is 0 Å². The van der Waals surface area contributed by atoms with Crippen molar-refractivity contribution in [1.82, 2.24) is 10.2 Å². The third kappa shape index (κ3) is 4.64. The van der Waals surface area contributed by atoms with Gasteiger partial charge in [-0.05, 0) is 41.5 Å². The normalized spacial score (nSPS) is 15.4. The monoisotopic (exact) mass is 493 g/mol. The zero-order valence-electron chi connectivity index (χ0n) is 20.0. The quantitative estimate of drug-likeness (QED) is 0.158. The van der Waals surface area contributed by atoms with Gasteiger partial charge in [-0.25, -0.2) is 9.59 Å². The predicted octanol–water partition coefficient (Wildman–Crippen LogP) is 5.83. The molecule has 0 aromatic heterocycles. The molecule has 1 heterocycles. The van der Waals surface area contributed by atoms with Gasteiger partial charge in [0.05, 0.1) is 22.7 Å². The van der Waals surface area contributed by atoms with Crippen LogP contribution in [0.2, 0.25) is 0 Å². The summed E-state index contributed by atoms with van der Waals surface area (Å²) in [5, 5.41) is 16.6. The first-order valence-corrected chi connectivity index (χ1v) is 11.7. The fraction of sp³-hybridized carbons (Fsp3) is 0.103. The van der Waals surface area contributed by atoms with E-state index in [4.69, 9.17) is 4.74 Å². The largest absolute Gasteiger partial charge is 0.423 e. The van der Waals surface area contributed by atoms with E-state index in [1.807, 2.05) is 42.5 Å². The van der Waals surface area contributed by atoms with Crippen LogP contribution >= 0.6 is 0 Å². The smallest absolute Gasteiger partial charge is 0.343 e. The van der Waals surface area contributed by atoms with Crippen molar-refractivity contribution in [1.29, 1.82) is 0 Å². The molecule has 5 rings (SSSR count). The number of hydrogen-bond acceptors (Lipinski definition) is 5. The highest BCUT2D eigenvalue weighted by atomic mass is 16.6. The van der Waals surface area contributed by atoms with Crippen LogP contribution in [0.25, 0.3) is 10.8 Å². The van der Waals surface area contributed by atoms with Crippen LogP contribution in [-0.2, 0) is 6.54 Å². The van der Waals surface area contributed by atoms with Crippen molar-refractivity contribution >= 4 is 22.8 Å². The minimum atomic E-state index is -1.14. The lowest BCUT2D eigenvalue weighted by atomic mass is 9.93. The number of nitrogens with zero attached hydrogens (tertiary/aromatic N) is 2. The second kappa shape index (κ2) is 9.94. The number of carbonyl (C=O) groups is 2. The van der Waals surface area contributed by atoms with Gasteiger partial charge in [-0.3, -0.25) is 15.0 Å². The molecule has 184 valence electrons. The summed E-state index contributed by atoms with van der Waals surface area (Å²) in [7, 11) is 0. The minimum absolute atomic E-state index is 0.140. The summed E-state index contributed by atoms with van der Waals surface area (Å²) in [4.78, 5) is 39.5. The topological polar surface area (TPSA) is 102 Å². The first-order valence-electron chi connectivity index (χ1n) is 11.7. The third-order valence-corrected chi connectivity index (χ3v) is 6.37. The van der Waals surface area contributed by atoms with Crippen LogP contribution in [0.1, 0.15) is 34.5 Å². The number of amides is 2. The number of ether oxygens (including phenoxy) is 1. The number of nitrogens with one attached hydrogen (secondary N) is 1. The molecule has 1 N–H and O–H groups in total. The van der Waals surface area contributed by atoms with Crippen molar-refractivity contribution in [2.45, 2.75) is 19.5 Å². The fourth-order valence-electron chi connectivity index (χ4n) is 4.57. The molecule has 0 saturated carbocycles. The number of nitro groups is 1. The van der Waals surface area contributed by atoms with Gasteiger partial charge in [0.25, 0.3) is 5.70 Å². The summed E-state index contributed by atoms with van der Waals surface area (Å²) in [6.45, 7) is 1.74. The van der Waals surface area contributed by atoms with E-state index in [1.54, 1.807) is 61.5 Å². The molecule has 0 bridgehead atoms. The van der Waals surface area contributed by atoms with E-state index in [0.29, 0.717) is 16.5 Å². The maximum absolute atomic E-state index is 13.3. The number of urea groups is 1. The molecule has 1 aliphatic rings. The van der Waals surface area contributed by atoms with Gasteiger partial charge < -0.3 is 10.1 Å². The Balaban J connectivity index is 1.63. The summed E-state index contributed by atoms with van der Waals surface area (Å²) >= 11 is 0. The molecule has 8 nitrogen and oxygen atoms in total. The molecule has 37 heavy (non-hydrogen) atoms. The number of allylic oxidation sites excluding steroid dienone is 1. The number of fused-ring (bicyclic) bond motifs is 1. The van der Waals surface area contributed by atoms with Crippen LogP contribution in [0.5, 0.6) is 5.75 Å². The molecule has 8 heteroatoms. The van der Waals surface area contributed by atoms with E-state index >= 15 is 0 Å². The Bertz CT molecular complexity index is 1530. The Kier molecular flexibility index (Phi) is 6.38. The number of benzene rings is 4. The van der Waals surface area contributed by atoms with Gasteiger partial charge in [0, 0.05) is 5.56 Å². The first kappa shape index (κ1) is 23.7. The van der Waals surface area contributed by atoms with Crippen molar-refractivity contribution in [3.05, 3.63) is 135 Å². The second-order valence-corrected chi connectivity index (χ2v) is 8.64. The molecule has 0 fully saturated rings. The lowest BCUT2D eigenvalue weighted by Gasteiger charge is -2.33. The zero-order valence-corrected chi connectivity index (χ0v) is 20.0. The average molecular weight is 494 g/mol. The van der Waals surface area contributed by atoms with Crippen LogP contribution in [0.3, 0.4) is 0 Å². The van der Waals surface area contributed by atoms with Crippen molar-refractivity contribution in [2.24, 2.45) is 0 Å². The van der Waals surface area contributed by atoms with E-state index in [2.05, 4.69) is 5.32 Å². The minimum Gasteiger partial charge on any atom is -0.423 e. The predicted molar refractivity (Wildman–Crippen MR) is 138 cm³/mol. The standard InChI is InChI=1S/C29H23N3O5/c1-19-27(32(35)36)26(30-29(34)31(19)18-20-10-4-2-5-11-20)25-23-15-9-8-12-21(23)16-17-24(25)37-28(33)22-13-6-3-7-14-22/h2-17,26H,18H2,1H3,(H,30,34). The summed E-state index contributed by atoms with van der Waals surface area (Å²) in [5.74, 6) is -0.463. The lowest BCUT2D eigenvalue weighted by molar-refractivity contribution is -0.433. The molecular weight excluding hydrogens is 470 g/mol. The molecule has 1 unspecified atom stereocenters. The van der Waals surface area contributed by atoms with Gasteiger partial charge in [0.15, 0.2) is 6.04 Å². The Labute approximate surface area is 212 Å². The summed E-state index contributed by atoms with van der Waals surface area (Å²) in [6.07, 6.45) is 0. The van der Waals surface area contributed by atoms with E-state index in [1.165, 1.54) is 4.90 Å². The van der Waals surface area contributed by atoms with E-state index < -0.39 is 23.0 Å². The van der Waals surface area contributed by atoms with Crippen molar-refractivity contribution in [3.63, 3.8) is 0 Å². The highest BCUT2D eigenvalue weighted by Gasteiger charge is 2.41. The first-order chi connectivity index (χ1) is 17.9. The summed E-state index contributed by atoms with van der Waals surface area (Å²) < 4.78 is 5.76. The van der Waals surface area contributed by atoms with Crippen molar-refractivity contribution in [2.75, 3.05) is 0 Å². The number of esters is 1. The lowest BCUT2D eigenvalue weighted by Crippen LogP contribution is -2.47. The molecule has 4 aromatic rings. The van der Waals surface area contributed by atoms with Crippen molar-refractivity contribution < 1.29 is 19.2 Å². The zero-order chi connectivity index (χ0) is 25.9. The molecule has 1 atom stereocenters. The Morgan fingerprint density at radius 3 is 2.30 bits per heavy atom. The molecule has 0 spiro atoms. The van der Waals surface area contributed by atoms with E-state index in [0.717, 1.165) is 10.9 Å². The molecule has 0 radical (unpaired) electrons. The van der Waals surface area contributed by atoms with Gasteiger partial charge >= 0.3 is 12.0 Å². The van der Waals surface area contributed by atoms with E-state index in [9.17, 15) is 19.7 Å². The third-order valence-electron chi connectivity index (χ3n) is 6.37. The van der Waals surface area contributed by atoms with Crippen LogP contribution in [0, 0.1) is 10.1 Å². The van der Waals surface area contributed by atoms with Crippen LogP contribution in [0.4, 0.5) is 4.79 Å². The van der Waals surface area contributed by atoms with Gasteiger partial charge in [-0.1, -0.05) is 78.9 Å². The molecule has 0 aliphatic carbocycles. The highest BCUT2D eigenvalue weighted by Crippen LogP contribution is 2.40. The Morgan fingerprint density at radius 2 is 1.59 bits per heavy atom.